The minimum absolute atomic E-state index is 0.342. The molecule has 3 nitrogen and oxygen atoms in total. The van der Waals surface area contributed by atoms with Crippen molar-refractivity contribution in [1.82, 2.24) is 4.90 Å². The predicted molar refractivity (Wildman–Crippen MR) is 64.9 cm³/mol. The maximum atomic E-state index is 5.79. The molecule has 0 spiro atoms. The Morgan fingerprint density at radius 2 is 2.27 bits per heavy atom. The fourth-order valence-electron chi connectivity index (χ4n) is 2.59. The Hall–Kier alpha value is -0.190. The van der Waals surface area contributed by atoms with E-state index in [9.17, 15) is 0 Å². The molecule has 86 valence electrons. The predicted octanol–water partition coefficient (Wildman–Crippen LogP) is 1.16. The molecule has 0 amide bonds. The molecular formula is C11H20N2OS. The van der Waals surface area contributed by atoms with Gasteiger partial charge < -0.3 is 10.5 Å². The fraction of sp³-hybridized carbons (Fsp3) is 0.909. The Balaban J connectivity index is 1.89. The van der Waals surface area contributed by atoms with Gasteiger partial charge in [0.05, 0.1) is 17.6 Å². The standard InChI is InChI=1S/C11H20N2OS/c12-11(15)10-3-1-2-5-13(10)7-9-4-6-14-8-9/h9-10H,1-8H2,(H2,12,15). The second kappa shape index (κ2) is 5.23. The number of thiocarbonyl (C=S) groups is 1. The van der Waals surface area contributed by atoms with Crippen molar-refractivity contribution in [2.45, 2.75) is 31.7 Å². The second-order valence-corrected chi connectivity index (χ2v) is 5.11. The van der Waals surface area contributed by atoms with E-state index in [1.165, 1.54) is 19.3 Å². The normalized spacial score (nSPS) is 33.1. The Morgan fingerprint density at radius 1 is 1.40 bits per heavy atom. The van der Waals surface area contributed by atoms with Crippen molar-refractivity contribution in [3.63, 3.8) is 0 Å². The zero-order valence-electron chi connectivity index (χ0n) is 9.15. The van der Waals surface area contributed by atoms with Gasteiger partial charge >= 0.3 is 0 Å². The van der Waals surface area contributed by atoms with E-state index in [1.54, 1.807) is 0 Å². The van der Waals surface area contributed by atoms with Crippen LogP contribution in [0.3, 0.4) is 0 Å². The molecule has 2 saturated heterocycles. The summed E-state index contributed by atoms with van der Waals surface area (Å²) in [6.07, 6.45) is 4.88. The van der Waals surface area contributed by atoms with Gasteiger partial charge in [0.15, 0.2) is 0 Å². The highest BCUT2D eigenvalue weighted by atomic mass is 32.1. The quantitative estimate of drug-likeness (QED) is 0.736. The molecule has 0 bridgehead atoms. The van der Waals surface area contributed by atoms with E-state index in [4.69, 9.17) is 22.7 Å². The number of nitrogens with zero attached hydrogens (tertiary/aromatic N) is 1. The summed E-state index contributed by atoms with van der Waals surface area (Å²) in [7, 11) is 0. The third kappa shape index (κ3) is 2.89. The zero-order valence-corrected chi connectivity index (χ0v) is 9.97. The minimum Gasteiger partial charge on any atom is -0.392 e. The summed E-state index contributed by atoms with van der Waals surface area (Å²) < 4.78 is 5.40. The number of hydrogen-bond donors (Lipinski definition) is 1. The molecule has 0 aromatic heterocycles. The molecule has 4 heteroatoms. The van der Waals surface area contributed by atoms with E-state index < -0.39 is 0 Å². The number of piperidine rings is 1. The third-order valence-corrected chi connectivity index (χ3v) is 3.73. The first-order valence-corrected chi connectivity index (χ1v) is 6.29. The molecule has 2 aliphatic rings. The van der Waals surface area contributed by atoms with Crippen LogP contribution in [0, 0.1) is 5.92 Å². The topological polar surface area (TPSA) is 38.5 Å². The molecule has 15 heavy (non-hydrogen) atoms. The van der Waals surface area contributed by atoms with Crippen molar-refractivity contribution in [2.24, 2.45) is 11.7 Å². The molecular weight excluding hydrogens is 208 g/mol. The lowest BCUT2D eigenvalue weighted by Gasteiger charge is -2.36. The highest BCUT2D eigenvalue weighted by molar-refractivity contribution is 7.80. The average molecular weight is 228 g/mol. The first-order valence-electron chi connectivity index (χ1n) is 5.88. The number of likely N-dealkylation sites (tertiary alicyclic amines) is 1. The number of hydrogen-bond acceptors (Lipinski definition) is 3. The smallest absolute Gasteiger partial charge is 0.0902 e. The van der Waals surface area contributed by atoms with E-state index in [0.29, 0.717) is 16.9 Å². The maximum Gasteiger partial charge on any atom is 0.0902 e. The Morgan fingerprint density at radius 3 is 2.93 bits per heavy atom. The van der Waals surface area contributed by atoms with Gasteiger partial charge in [-0.25, -0.2) is 0 Å². The summed E-state index contributed by atoms with van der Waals surface area (Å²) in [5, 5.41) is 0. The lowest BCUT2D eigenvalue weighted by Crippen LogP contribution is -2.48. The van der Waals surface area contributed by atoms with Crippen LogP contribution in [0.5, 0.6) is 0 Å². The Bertz CT molecular complexity index is 229. The highest BCUT2D eigenvalue weighted by Gasteiger charge is 2.27. The first kappa shape index (κ1) is 11.3. The van der Waals surface area contributed by atoms with Crippen LogP contribution in [0.1, 0.15) is 25.7 Å². The molecule has 2 atom stereocenters. The van der Waals surface area contributed by atoms with Gasteiger partial charge in [-0.15, -0.1) is 0 Å². The molecule has 0 saturated carbocycles. The van der Waals surface area contributed by atoms with Crippen LogP contribution < -0.4 is 5.73 Å². The van der Waals surface area contributed by atoms with E-state index in [-0.39, 0.29) is 0 Å². The van der Waals surface area contributed by atoms with Crippen LogP contribution in [-0.2, 0) is 4.74 Å². The molecule has 0 aromatic carbocycles. The molecule has 0 radical (unpaired) electrons. The van der Waals surface area contributed by atoms with Crippen LogP contribution in [0.15, 0.2) is 0 Å². The highest BCUT2D eigenvalue weighted by Crippen LogP contribution is 2.21. The second-order valence-electron chi connectivity index (χ2n) is 4.64. The van der Waals surface area contributed by atoms with Gasteiger partial charge in [0.2, 0.25) is 0 Å². The molecule has 2 rings (SSSR count). The van der Waals surface area contributed by atoms with Gasteiger partial charge in [-0.3, -0.25) is 4.90 Å². The molecule has 2 aliphatic heterocycles. The van der Waals surface area contributed by atoms with Crippen LogP contribution in [-0.4, -0.2) is 42.2 Å². The minimum atomic E-state index is 0.342. The summed E-state index contributed by atoms with van der Waals surface area (Å²) in [5.74, 6) is 0.694. The molecule has 2 N–H and O–H groups in total. The molecule has 0 aromatic rings. The summed E-state index contributed by atoms with van der Waals surface area (Å²) >= 11 is 5.14. The third-order valence-electron chi connectivity index (χ3n) is 3.46. The Labute approximate surface area is 96.9 Å². The van der Waals surface area contributed by atoms with Gasteiger partial charge in [0, 0.05) is 13.2 Å². The number of rotatable bonds is 3. The van der Waals surface area contributed by atoms with Crippen molar-refractivity contribution in [1.29, 1.82) is 0 Å². The maximum absolute atomic E-state index is 5.79. The van der Waals surface area contributed by atoms with Crippen molar-refractivity contribution in [2.75, 3.05) is 26.3 Å². The number of nitrogens with two attached hydrogens (primary N) is 1. The van der Waals surface area contributed by atoms with Crippen molar-refractivity contribution in [3.05, 3.63) is 0 Å². The van der Waals surface area contributed by atoms with Crippen molar-refractivity contribution < 1.29 is 4.74 Å². The summed E-state index contributed by atoms with van der Waals surface area (Å²) in [6, 6.07) is 0.342. The van der Waals surface area contributed by atoms with Crippen LogP contribution >= 0.6 is 12.2 Å². The lowest BCUT2D eigenvalue weighted by molar-refractivity contribution is 0.142. The van der Waals surface area contributed by atoms with Gasteiger partial charge in [0.1, 0.15) is 0 Å². The zero-order chi connectivity index (χ0) is 10.7. The largest absolute Gasteiger partial charge is 0.392 e. The number of ether oxygens (including phenoxy) is 1. The SMILES string of the molecule is NC(=S)C1CCCCN1CC1CCOC1. The van der Waals surface area contributed by atoms with E-state index >= 15 is 0 Å². The Kier molecular flexibility index (Phi) is 3.94. The van der Waals surface area contributed by atoms with Gasteiger partial charge in [-0.1, -0.05) is 18.6 Å². The van der Waals surface area contributed by atoms with Gasteiger partial charge in [-0.2, -0.15) is 0 Å². The van der Waals surface area contributed by atoms with Crippen LogP contribution in [0.2, 0.25) is 0 Å². The van der Waals surface area contributed by atoms with Crippen molar-refractivity contribution >= 4 is 17.2 Å². The monoisotopic (exact) mass is 228 g/mol. The summed E-state index contributed by atoms with van der Waals surface area (Å²) in [5.41, 5.74) is 5.79. The van der Waals surface area contributed by atoms with Gasteiger partial charge in [0.25, 0.3) is 0 Å². The van der Waals surface area contributed by atoms with Crippen molar-refractivity contribution in [3.8, 4) is 0 Å². The molecule has 2 unspecified atom stereocenters. The first-order chi connectivity index (χ1) is 7.27. The van der Waals surface area contributed by atoms with Crippen LogP contribution in [0.4, 0.5) is 0 Å². The molecule has 2 fully saturated rings. The summed E-state index contributed by atoms with van der Waals surface area (Å²) in [6.45, 7) is 4.11. The fourth-order valence-corrected chi connectivity index (χ4v) is 2.86. The van der Waals surface area contributed by atoms with Gasteiger partial charge in [-0.05, 0) is 31.7 Å². The lowest BCUT2D eigenvalue weighted by atomic mass is 9.99. The summed E-state index contributed by atoms with van der Waals surface area (Å²) in [4.78, 5) is 3.14. The molecule has 0 aliphatic carbocycles. The van der Waals surface area contributed by atoms with E-state index in [2.05, 4.69) is 4.90 Å². The van der Waals surface area contributed by atoms with E-state index in [1.807, 2.05) is 0 Å². The van der Waals surface area contributed by atoms with E-state index in [0.717, 1.165) is 32.7 Å². The van der Waals surface area contributed by atoms with Crippen LogP contribution in [0.25, 0.3) is 0 Å². The molecule has 2 heterocycles. The average Bonchev–Trinajstić information content (AvgIpc) is 2.71.